The fraction of sp³-hybridized carbons (Fsp3) is 0.278. The van der Waals surface area contributed by atoms with Crippen molar-refractivity contribution in [3.63, 3.8) is 0 Å². The Bertz CT molecular complexity index is 688. The monoisotopic (exact) mass is 331 g/mol. The first kappa shape index (κ1) is 17.5. The van der Waals surface area contributed by atoms with Crippen LogP contribution in [0.5, 0.6) is 0 Å². The first-order chi connectivity index (χ1) is 11.0. The summed E-state index contributed by atoms with van der Waals surface area (Å²) in [6, 6.07) is 18.4. The van der Waals surface area contributed by atoms with Crippen molar-refractivity contribution in [2.24, 2.45) is 0 Å². The minimum absolute atomic E-state index is 0.390. The van der Waals surface area contributed by atoms with Crippen LogP contribution in [0.2, 0.25) is 0 Å². The van der Waals surface area contributed by atoms with Crippen LogP contribution >= 0.6 is 7.29 Å². The highest BCUT2D eigenvalue weighted by Crippen LogP contribution is 2.47. The standard InChI is InChI=1S/C18H22NO3P/c1-15(18(20)22-2)19(14-16-10-6-4-7-11-16)23(3,21)17-12-8-5-9-13-17/h4-13,15H,14H2,1-3H3/t15-,23?/m1/s1. The van der Waals surface area contributed by atoms with E-state index in [9.17, 15) is 9.36 Å². The van der Waals surface area contributed by atoms with E-state index in [1.54, 1.807) is 18.3 Å². The van der Waals surface area contributed by atoms with Crippen LogP contribution in [0.15, 0.2) is 60.7 Å². The summed E-state index contributed by atoms with van der Waals surface area (Å²) in [6.45, 7) is 3.85. The molecule has 122 valence electrons. The molecule has 0 aliphatic carbocycles. The minimum atomic E-state index is -2.91. The fourth-order valence-corrected chi connectivity index (χ4v) is 4.73. The first-order valence-corrected chi connectivity index (χ1v) is 9.59. The van der Waals surface area contributed by atoms with Gasteiger partial charge in [0.25, 0.3) is 0 Å². The summed E-state index contributed by atoms with van der Waals surface area (Å²) in [6.07, 6.45) is 0. The molecular weight excluding hydrogens is 309 g/mol. The molecule has 0 amide bonds. The van der Waals surface area contributed by atoms with Gasteiger partial charge in [-0.05, 0) is 12.5 Å². The van der Waals surface area contributed by atoms with Crippen molar-refractivity contribution < 1.29 is 14.1 Å². The Morgan fingerprint density at radius 2 is 1.61 bits per heavy atom. The second-order valence-electron chi connectivity index (χ2n) is 5.50. The highest BCUT2D eigenvalue weighted by molar-refractivity contribution is 7.68. The molecule has 1 unspecified atom stereocenters. The molecule has 0 fully saturated rings. The van der Waals surface area contributed by atoms with Gasteiger partial charge in [0.2, 0.25) is 0 Å². The van der Waals surface area contributed by atoms with Gasteiger partial charge >= 0.3 is 5.97 Å². The molecule has 2 aromatic rings. The minimum Gasteiger partial charge on any atom is -0.468 e. The second-order valence-corrected chi connectivity index (χ2v) is 8.29. The highest BCUT2D eigenvalue weighted by Gasteiger charge is 2.35. The number of carbonyl (C=O) groups excluding carboxylic acids is 1. The maximum atomic E-state index is 13.5. The maximum Gasteiger partial charge on any atom is 0.323 e. The van der Waals surface area contributed by atoms with Gasteiger partial charge in [0.1, 0.15) is 6.04 Å². The molecule has 5 heteroatoms. The SMILES string of the molecule is COC(=O)[C@@H](C)N(Cc1ccccc1)P(C)(=O)c1ccccc1. The summed E-state index contributed by atoms with van der Waals surface area (Å²) in [7, 11) is -1.56. The third-order valence-electron chi connectivity index (χ3n) is 3.90. The molecular formula is C18H22NO3P. The van der Waals surface area contributed by atoms with Gasteiger partial charge in [-0.15, -0.1) is 0 Å². The average Bonchev–Trinajstić information content (AvgIpc) is 2.60. The van der Waals surface area contributed by atoms with Crippen molar-refractivity contribution in [3.05, 3.63) is 66.2 Å². The van der Waals surface area contributed by atoms with Crippen molar-refractivity contribution >= 4 is 18.6 Å². The van der Waals surface area contributed by atoms with E-state index in [2.05, 4.69) is 0 Å². The predicted molar refractivity (Wildman–Crippen MR) is 93.1 cm³/mol. The molecule has 0 aliphatic rings. The molecule has 23 heavy (non-hydrogen) atoms. The zero-order valence-electron chi connectivity index (χ0n) is 13.7. The van der Waals surface area contributed by atoms with E-state index in [0.29, 0.717) is 6.54 Å². The number of hydrogen-bond donors (Lipinski definition) is 0. The molecule has 0 aliphatic heterocycles. The molecule has 2 rings (SSSR count). The fourth-order valence-electron chi connectivity index (χ4n) is 2.52. The molecule has 0 saturated carbocycles. The lowest BCUT2D eigenvalue weighted by Crippen LogP contribution is -2.39. The van der Waals surface area contributed by atoms with Crippen LogP contribution < -0.4 is 5.30 Å². The smallest absolute Gasteiger partial charge is 0.323 e. The molecule has 0 radical (unpaired) electrons. The van der Waals surface area contributed by atoms with Gasteiger partial charge in [0.05, 0.1) is 7.11 Å². The molecule has 0 spiro atoms. The first-order valence-electron chi connectivity index (χ1n) is 7.49. The average molecular weight is 331 g/mol. The van der Waals surface area contributed by atoms with Crippen molar-refractivity contribution in [3.8, 4) is 0 Å². The van der Waals surface area contributed by atoms with Gasteiger partial charge < -0.3 is 9.30 Å². The highest BCUT2D eigenvalue weighted by atomic mass is 31.2. The van der Waals surface area contributed by atoms with Gasteiger partial charge in [0, 0.05) is 18.5 Å². The maximum absolute atomic E-state index is 13.5. The van der Waals surface area contributed by atoms with Crippen LogP contribution in [-0.4, -0.2) is 30.5 Å². The van der Waals surface area contributed by atoms with Gasteiger partial charge in [-0.2, -0.15) is 0 Å². The summed E-state index contributed by atoms with van der Waals surface area (Å²) in [4.78, 5) is 12.0. The Hall–Kier alpha value is -1.90. The number of nitrogens with zero attached hydrogens (tertiary/aromatic N) is 1. The van der Waals surface area contributed by atoms with Crippen molar-refractivity contribution in [1.82, 2.24) is 4.67 Å². The Morgan fingerprint density at radius 1 is 1.09 bits per heavy atom. The number of esters is 1. The van der Waals surface area contributed by atoms with E-state index >= 15 is 0 Å². The molecule has 0 aromatic heterocycles. The lowest BCUT2D eigenvalue weighted by molar-refractivity contribution is -0.144. The van der Waals surface area contributed by atoms with E-state index < -0.39 is 13.3 Å². The van der Waals surface area contributed by atoms with Crippen LogP contribution in [0.25, 0.3) is 0 Å². The van der Waals surface area contributed by atoms with Crippen LogP contribution in [-0.2, 0) is 20.6 Å². The van der Waals surface area contributed by atoms with E-state index in [0.717, 1.165) is 10.9 Å². The van der Waals surface area contributed by atoms with Crippen LogP contribution in [0.1, 0.15) is 12.5 Å². The van der Waals surface area contributed by atoms with Gasteiger partial charge in [-0.1, -0.05) is 60.7 Å². The lowest BCUT2D eigenvalue weighted by Gasteiger charge is -2.33. The van der Waals surface area contributed by atoms with Gasteiger partial charge in [0.15, 0.2) is 7.29 Å². The Labute approximate surface area is 137 Å². The van der Waals surface area contributed by atoms with E-state index in [1.807, 2.05) is 60.7 Å². The molecule has 0 N–H and O–H groups in total. The third kappa shape index (κ3) is 4.10. The number of rotatable bonds is 6. The topological polar surface area (TPSA) is 46.6 Å². The predicted octanol–water partition coefficient (Wildman–Crippen LogP) is 3.28. The number of benzene rings is 2. The number of ether oxygens (including phenoxy) is 1. The second kappa shape index (κ2) is 7.58. The zero-order chi connectivity index (χ0) is 16.9. The van der Waals surface area contributed by atoms with Crippen LogP contribution in [0.4, 0.5) is 0 Å². The van der Waals surface area contributed by atoms with Gasteiger partial charge in [-0.25, -0.2) is 4.67 Å². The van der Waals surface area contributed by atoms with E-state index in [4.69, 9.17) is 4.74 Å². The molecule has 0 bridgehead atoms. The quantitative estimate of drug-likeness (QED) is 0.602. The summed E-state index contributed by atoms with van der Waals surface area (Å²) in [5.74, 6) is -0.390. The van der Waals surface area contributed by atoms with Crippen molar-refractivity contribution in [2.75, 3.05) is 13.8 Å². The summed E-state index contributed by atoms with van der Waals surface area (Å²) in [5, 5.41) is 0.728. The van der Waals surface area contributed by atoms with Crippen molar-refractivity contribution in [2.45, 2.75) is 19.5 Å². The number of methoxy groups -OCH3 is 1. The summed E-state index contributed by atoms with van der Waals surface area (Å²) in [5.41, 5.74) is 1.00. The molecule has 2 atom stereocenters. The number of hydrogen-bond acceptors (Lipinski definition) is 3. The largest absolute Gasteiger partial charge is 0.468 e. The normalized spacial score (nSPS) is 15.0. The molecule has 4 nitrogen and oxygen atoms in total. The lowest BCUT2D eigenvalue weighted by atomic mass is 10.2. The van der Waals surface area contributed by atoms with E-state index in [-0.39, 0.29) is 5.97 Å². The molecule has 2 aromatic carbocycles. The molecule has 0 saturated heterocycles. The molecule has 0 heterocycles. The van der Waals surface area contributed by atoms with Crippen molar-refractivity contribution in [1.29, 1.82) is 0 Å². The Balaban J connectivity index is 2.40. The number of carbonyl (C=O) groups is 1. The zero-order valence-corrected chi connectivity index (χ0v) is 14.6. The van der Waals surface area contributed by atoms with Crippen LogP contribution in [0.3, 0.4) is 0 Å². The van der Waals surface area contributed by atoms with Gasteiger partial charge in [-0.3, -0.25) is 4.79 Å². The van der Waals surface area contributed by atoms with E-state index in [1.165, 1.54) is 7.11 Å². The summed E-state index contributed by atoms with van der Waals surface area (Å²) >= 11 is 0. The third-order valence-corrected chi connectivity index (χ3v) is 6.63. The Morgan fingerprint density at radius 3 is 2.13 bits per heavy atom. The Kier molecular flexibility index (Phi) is 5.75. The van der Waals surface area contributed by atoms with Crippen LogP contribution in [0, 0.1) is 0 Å². The summed E-state index contributed by atoms with van der Waals surface area (Å²) < 4.78 is 20.1.